The average Bonchev–Trinajstić information content (AvgIpc) is 2.93. The Morgan fingerprint density at radius 2 is 1.90 bits per heavy atom. The Balaban J connectivity index is 0.000000219. The van der Waals surface area contributed by atoms with Gasteiger partial charge in [-0.05, 0) is 48.5 Å². The van der Waals surface area contributed by atoms with Gasteiger partial charge < -0.3 is 0 Å². The molecule has 0 amide bonds. The summed E-state index contributed by atoms with van der Waals surface area (Å²) in [4.78, 5) is 2.90. The predicted octanol–water partition coefficient (Wildman–Crippen LogP) is 5.69. The number of nitrogens with zero attached hydrogens (tertiary/aromatic N) is 3. The normalized spacial score (nSPS) is 38.6. The molecule has 0 bridgehead atoms. The first-order valence-corrected chi connectivity index (χ1v) is 8.41. The van der Waals surface area contributed by atoms with Crippen LogP contribution in [0.25, 0.3) is 10.4 Å². The van der Waals surface area contributed by atoms with Gasteiger partial charge in [-0.1, -0.05) is 63.6 Å². The smallest absolute Gasteiger partial charge is 0.0704 e. The molecule has 6 atom stereocenters. The van der Waals surface area contributed by atoms with E-state index >= 15 is 0 Å². The molecule has 0 saturated heterocycles. The van der Waals surface area contributed by atoms with Gasteiger partial charge in [-0.3, -0.25) is 0 Å². The van der Waals surface area contributed by atoms with Crippen molar-refractivity contribution in [3.63, 3.8) is 0 Å². The molecule has 116 valence electrons. The van der Waals surface area contributed by atoms with Gasteiger partial charge in [-0.25, -0.2) is 0 Å². The molecule has 2 radical (unpaired) electrons. The summed E-state index contributed by atoms with van der Waals surface area (Å²) in [5.74, 6) is 3.16. The van der Waals surface area contributed by atoms with Crippen molar-refractivity contribution in [2.75, 3.05) is 0 Å². The van der Waals surface area contributed by atoms with Crippen molar-refractivity contribution >= 4 is 7.85 Å². The minimum Gasteiger partial charge on any atom is -0.0996 e. The molecule has 0 aromatic heterocycles. The Labute approximate surface area is 131 Å². The highest BCUT2D eigenvalue weighted by atomic mass is 15.2. The summed E-state index contributed by atoms with van der Waals surface area (Å²) in [6, 6.07) is 0.245. The third kappa shape index (κ3) is 4.81. The quantitative estimate of drug-likeness (QED) is 0.210. The number of allylic oxidation sites excluding steroid dienone is 1. The molecule has 0 aliphatic heterocycles. The first-order chi connectivity index (χ1) is 9.94. The summed E-state index contributed by atoms with van der Waals surface area (Å²) in [7, 11) is 5.73. The molecule has 0 heterocycles. The van der Waals surface area contributed by atoms with Crippen LogP contribution in [0, 0.1) is 23.7 Å². The largest absolute Gasteiger partial charge is 0.0996 e. The highest BCUT2D eigenvalue weighted by Gasteiger charge is 2.35. The molecular formula is C17H30BN3. The zero-order chi connectivity index (χ0) is 16.0. The Bertz CT molecular complexity index is 389. The third-order valence-electron chi connectivity index (χ3n) is 5.63. The van der Waals surface area contributed by atoms with E-state index in [-0.39, 0.29) is 6.04 Å². The Morgan fingerprint density at radius 3 is 2.24 bits per heavy atom. The summed E-state index contributed by atoms with van der Waals surface area (Å²) in [6.07, 6.45) is 5.73. The Morgan fingerprint density at radius 1 is 1.24 bits per heavy atom. The van der Waals surface area contributed by atoms with Crippen molar-refractivity contribution in [3.8, 4) is 0 Å². The van der Waals surface area contributed by atoms with Gasteiger partial charge in [0, 0.05) is 11.0 Å². The molecule has 2 fully saturated rings. The predicted molar refractivity (Wildman–Crippen MR) is 91.3 cm³/mol. The second kappa shape index (κ2) is 8.53. The van der Waals surface area contributed by atoms with E-state index in [1.54, 1.807) is 0 Å². The zero-order valence-electron chi connectivity index (χ0n) is 14.1. The van der Waals surface area contributed by atoms with E-state index in [1.807, 2.05) is 0 Å². The number of hydrogen-bond donors (Lipinski definition) is 0. The number of rotatable bonds is 3. The summed E-state index contributed by atoms with van der Waals surface area (Å²) in [6.45, 7) is 12.9. The Kier molecular flexibility index (Phi) is 7.38. The molecule has 21 heavy (non-hydrogen) atoms. The zero-order valence-corrected chi connectivity index (χ0v) is 14.1. The van der Waals surface area contributed by atoms with Crippen LogP contribution in [-0.4, -0.2) is 13.9 Å². The third-order valence-corrected chi connectivity index (χ3v) is 5.63. The van der Waals surface area contributed by atoms with Gasteiger partial charge in [-0.2, -0.15) is 0 Å². The highest BCUT2D eigenvalue weighted by molar-refractivity contribution is 6.12. The van der Waals surface area contributed by atoms with Crippen molar-refractivity contribution in [1.82, 2.24) is 0 Å². The van der Waals surface area contributed by atoms with Crippen LogP contribution in [0.3, 0.4) is 0 Å². The molecule has 0 aromatic rings. The summed E-state index contributed by atoms with van der Waals surface area (Å²) in [5.41, 5.74) is 9.71. The molecule has 2 aliphatic rings. The monoisotopic (exact) mass is 287 g/mol. The maximum Gasteiger partial charge on any atom is 0.0704 e. The second-order valence-electron chi connectivity index (χ2n) is 6.86. The van der Waals surface area contributed by atoms with Crippen LogP contribution in [0.5, 0.6) is 0 Å². The second-order valence-corrected chi connectivity index (χ2v) is 6.86. The van der Waals surface area contributed by atoms with E-state index in [4.69, 9.17) is 13.4 Å². The topological polar surface area (TPSA) is 48.8 Å². The van der Waals surface area contributed by atoms with Crippen LogP contribution in [0.4, 0.5) is 0 Å². The van der Waals surface area contributed by atoms with Gasteiger partial charge in [0.25, 0.3) is 0 Å². The number of hydrogen-bond acceptors (Lipinski definition) is 1. The summed E-state index contributed by atoms with van der Waals surface area (Å²) < 4.78 is 0. The number of azide groups is 1. The van der Waals surface area contributed by atoms with Crippen molar-refractivity contribution < 1.29 is 0 Å². The van der Waals surface area contributed by atoms with E-state index in [1.165, 1.54) is 18.4 Å². The molecule has 0 spiro atoms. The van der Waals surface area contributed by atoms with Gasteiger partial charge in [0.2, 0.25) is 0 Å². The molecule has 2 saturated carbocycles. The fourth-order valence-corrected chi connectivity index (χ4v) is 3.85. The minimum atomic E-state index is 0.245. The van der Waals surface area contributed by atoms with Crippen LogP contribution < -0.4 is 0 Å². The van der Waals surface area contributed by atoms with Crippen LogP contribution in [0.15, 0.2) is 17.3 Å². The Hall–Kier alpha value is -0.885. The maximum absolute atomic E-state index is 8.35. The highest BCUT2D eigenvalue weighted by Crippen LogP contribution is 2.40. The SMILES string of the molecule is CC[C@H]1C[C@H](N=[N+]=[N-])C(C)C1C.[B][C@@H]1CC(=C)[C@@H](CC)C1. The molecular weight excluding hydrogens is 257 g/mol. The van der Waals surface area contributed by atoms with Gasteiger partial charge in [-0.15, -0.1) is 0 Å². The molecule has 2 unspecified atom stereocenters. The first-order valence-electron chi connectivity index (χ1n) is 8.41. The fraction of sp³-hybridized carbons (Fsp3) is 0.882. The lowest BCUT2D eigenvalue weighted by atomic mass is 9.85. The van der Waals surface area contributed by atoms with E-state index in [9.17, 15) is 0 Å². The molecule has 2 aliphatic carbocycles. The first kappa shape index (κ1) is 18.2. The lowest BCUT2D eigenvalue weighted by Crippen LogP contribution is -2.12. The molecule has 0 aromatic carbocycles. The average molecular weight is 287 g/mol. The lowest BCUT2D eigenvalue weighted by molar-refractivity contribution is 0.344. The van der Waals surface area contributed by atoms with Gasteiger partial charge in [0.05, 0.1) is 7.85 Å². The van der Waals surface area contributed by atoms with E-state index in [0.717, 1.165) is 31.1 Å². The van der Waals surface area contributed by atoms with E-state index in [0.29, 0.717) is 17.7 Å². The van der Waals surface area contributed by atoms with Crippen LogP contribution in [0.2, 0.25) is 5.82 Å². The standard InChI is InChI=1S/C9H17N3.C8H13B/c1-4-8-5-9(11-12-10)7(3)6(8)2;1-3-7-5-8(9)4-6(7)2/h6-9H,4-5H2,1-3H3;7-8H,2-5H2,1H3/t6?,7?,8-,9-;7-,8+/m00/s1. The van der Waals surface area contributed by atoms with Crippen molar-refractivity contribution in [1.29, 1.82) is 0 Å². The van der Waals surface area contributed by atoms with Crippen LogP contribution >= 0.6 is 0 Å². The van der Waals surface area contributed by atoms with Crippen molar-refractivity contribution in [2.45, 2.75) is 71.7 Å². The molecule has 0 N–H and O–H groups in total. The molecule has 3 nitrogen and oxygen atoms in total. The maximum atomic E-state index is 8.35. The molecule has 4 heteroatoms. The van der Waals surface area contributed by atoms with E-state index < -0.39 is 0 Å². The summed E-state index contributed by atoms with van der Waals surface area (Å²) >= 11 is 0. The van der Waals surface area contributed by atoms with Gasteiger partial charge in [0.1, 0.15) is 0 Å². The lowest BCUT2D eigenvalue weighted by Gasteiger charge is -2.16. The van der Waals surface area contributed by atoms with E-state index in [2.05, 4.69) is 44.3 Å². The van der Waals surface area contributed by atoms with Gasteiger partial charge in [0.15, 0.2) is 0 Å². The van der Waals surface area contributed by atoms with Gasteiger partial charge >= 0.3 is 0 Å². The molecule has 2 rings (SSSR count). The van der Waals surface area contributed by atoms with Crippen molar-refractivity contribution in [2.24, 2.45) is 28.8 Å². The fourth-order valence-electron chi connectivity index (χ4n) is 3.85. The van der Waals surface area contributed by atoms with Crippen LogP contribution in [-0.2, 0) is 0 Å². The summed E-state index contributed by atoms with van der Waals surface area (Å²) in [5, 5.41) is 3.83. The van der Waals surface area contributed by atoms with Crippen LogP contribution in [0.1, 0.15) is 59.8 Å². The minimum absolute atomic E-state index is 0.245. The van der Waals surface area contributed by atoms with Crippen molar-refractivity contribution in [3.05, 3.63) is 22.6 Å².